The van der Waals surface area contributed by atoms with Gasteiger partial charge in [-0.2, -0.15) is 0 Å². The van der Waals surface area contributed by atoms with Crippen molar-refractivity contribution < 1.29 is 14.3 Å². The van der Waals surface area contributed by atoms with Crippen LogP contribution in [0.1, 0.15) is 17.3 Å². The average molecular weight is 335 g/mol. The molecule has 0 saturated carbocycles. The fraction of sp³-hybridized carbons (Fsp3) is 0.0714. The number of carbonyl (C=O) groups excluding carboxylic acids is 2. The van der Waals surface area contributed by atoms with Crippen LogP contribution in [0.5, 0.6) is 5.75 Å². The second-order valence-electron chi connectivity index (χ2n) is 3.99. The van der Waals surface area contributed by atoms with Gasteiger partial charge in [0.1, 0.15) is 5.75 Å². The minimum absolute atomic E-state index is 0.157. The van der Waals surface area contributed by atoms with Gasteiger partial charge in [0, 0.05) is 29.5 Å². The van der Waals surface area contributed by atoms with Crippen molar-refractivity contribution in [2.45, 2.75) is 6.92 Å². The number of anilines is 1. The third-order valence-corrected chi connectivity index (χ3v) is 2.76. The molecule has 0 aliphatic rings. The average Bonchev–Trinajstić information content (AvgIpc) is 2.40. The number of carbonyl (C=O) groups is 2. The predicted molar refractivity (Wildman–Crippen MR) is 77.6 cm³/mol. The second kappa shape index (κ2) is 6.29. The fourth-order valence-electron chi connectivity index (χ4n) is 1.50. The molecule has 0 atom stereocenters. The molecule has 0 unspecified atom stereocenters. The summed E-state index contributed by atoms with van der Waals surface area (Å²) in [7, 11) is 0. The van der Waals surface area contributed by atoms with E-state index in [1.165, 1.54) is 13.1 Å². The number of pyridine rings is 1. The summed E-state index contributed by atoms with van der Waals surface area (Å²) >= 11 is 3.24. The number of aromatic nitrogens is 1. The van der Waals surface area contributed by atoms with Crippen LogP contribution < -0.4 is 10.1 Å². The Morgan fingerprint density at radius 2 is 1.90 bits per heavy atom. The summed E-state index contributed by atoms with van der Waals surface area (Å²) < 4.78 is 5.90. The Kier molecular flexibility index (Phi) is 4.47. The van der Waals surface area contributed by atoms with Crippen LogP contribution in [0, 0.1) is 0 Å². The zero-order valence-electron chi connectivity index (χ0n) is 10.6. The maximum Gasteiger partial charge on any atom is 0.345 e. The van der Waals surface area contributed by atoms with Gasteiger partial charge in [-0.1, -0.05) is 0 Å². The first-order valence-corrected chi connectivity index (χ1v) is 6.54. The van der Waals surface area contributed by atoms with Gasteiger partial charge >= 0.3 is 5.97 Å². The van der Waals surface area contributed by atoms with Crippen molar-refractivity contribution in [3.05, 3.63) is 52.8 Å². The topological polar surface area (TPSA) is 68.3 Å². The molecular weight excluding hydrogens is 324 g/mol. The zero-order valence-corrected chi connectivity index (χ0v) is 12.2. The van der Waals surface area contributed by atoms with E-state index in [0.717, 1.165) is 0 Å². The van der Waals surface area contributed by atoms with E-state index >= 15 is 0 Å². The number of hydrogen-bond donors (Lipinski definition) is 1. The van der Waals surface area contributed by atoms with Gasteiger partial charge in [0.2, 0.25) is 5.91 Å². The molecule has 2 rings (SSSR count). The van der Waals surface area contributed by atoms with Gasteiger partial charge in [0.05, 0.1) is 5.56 Å². The Morgan fingerprint density at radius 1 is 1.20 bits per heavy atom. The number of nitrogens with one attached hydrogen (secondary N) is 1. The third kappa shape index (κ3) is 3.89. The third-order valence-electron chi connectivity index (χ3n) is 2.33. The minimum atomic E-state index is -0.494. The summed E-state index contributed by atoms with van der Waals surface area (Å²) in [6, 6.07) is 8.15. The molecule has 102 valence electrons. The molecule has 0 aliphatic heterocycles. The normalized spacial score (nSPS) is 9.90. The van der Waals surface area contributed by atoms with Crippen LogP contribution in [0.2, 0.25) is 0 Å². The lowest BCUT2D eigenvalue weighted by molar-refractivity contribution is -0.114. The van der Waals surface area contributed by atoms with Crippen LogP contribution in [0.4, 0.5) is 5.69 Å². The molecule has 1 amide bonds. The van der Waals surface area contributed by atoms with E-state index in [-0.39, 0.29) is 5.91 Å². The number of ether oxygens (including phenoxy) is 1. The number of nitrogens with zero attached hydrogens (tertiary/aromatic N) is 1. The molecule has 6 heteroatoms. The first-order chi connectivity index (χ1) is 9.54. The number of halogens is 1. The van der Waals surface area contributed by atoms with Crippen LogP contribution in [0.3, 0.4) is 0 Å². The molecule has 5 nitrogen and oxygen atoms in total. The lowest BCUT2D eigenvalue weighted by Crippen LogP contribution is -2.09. The number of benzene rings is 1. The standard InChI is InChI=1S/C14H11BrN2O3/c1-9(18)17-12-2-4-13(5-3-12)20-14(19)10-6-11(15)8-16-7-10/h2-8H,1H3,(H,17,18). The molecule has 0 bridgehead atoms. The Morgan fingerprint density at radius 3 is 2.50 bits per heavy atom. The Hall–Kier alpha value is -2.21. The van der Waals surface area contributed by atoms with Crippen molar-refractivity contribution in [3.8, 4) is 5.75 Å². The quantitative estimate of drug-likeness (QED) is 0.692. The monoisotopic (exact) mass is 334 g/mol. The van der Waals surface area contributed by atoms with Crippen LogP contribution >= 0.6 is 15.9 Å². The van der Waals surface area contributed by atoms with E-state index in [4.69, 9.17) is 4.74 Å². The summed E-state index contributed by atoms with van der Waals surface area (Å²) in [5.41, 5.74) is 0.992. The zero-order chi connectivity index (χ0) is 14.5. The Balaban J connectivity index is 2.06. The molecule has 0 fully saturated rings. The second-order valence-corrected chi connectivity index (χ2v) is 4.90. The fourth-order valence-corrected chi connectivity index (χ4v) is 1.86. The summed E-state index contributed by atoms with van der Waals surface area (Å²) in [5.74, 6) is -0.259. The molecule has 1 aromatic heterocycles. The highest BCUT2D eigenvalue weighted by molar-refractivity contribution is 9.10. The Bertz CT molecular complexity index is 641. The molecule has 0 aliphatic carbocycles. The van der Waals surface area contributed by atoms with Crippen molar-refractivity contribution in [1.82, 2.24) is 4.98 Å². The van der Waals surface area contributed by atoms with Crippen LogP contribution in [0.25, 0.3) is 0 Å². The highest BCUT2D eigenvalue weighted by atomic mass is 79.9. The summed E-state index contributed by atoms with van der Waals surface area (Å²) in [6.45, 7) is 1.42. The molecule has 0 radical (unpaired) electrons. The van der Waals surface area contributed by atoms with E-state index in [0.29, 0.717) is 21.5 Å². The van der Waals surface area contributed by atoms with E-state index in [1.54, 1.807) is 36.5 Å². The van der Waals surface area contributed by atoms with E-state index in [9.17, 15) is 9.59 Å². The smallest absolute Gasteiger partial charge is 0.345 e. The van der Waals surface area contributed by atoms with Gasteiger partial charge in [-0.15, -0.1) is 0 Å². The Labute approximate surface area is 124 Å². The largest absolute Gasteiger partial charge is 0.423 e. The molecule has 1 aromatic carbocycles. The van der Waals surface area contributed by atoms with Gasteiger partial charge in [-0.3, -0.25) is 9.78 Å². The maximum absolute atomic E-state index is 11.9. The summed E-state index contributed by atoms with van der Waals surface area (Å²) in [5, 5.41) is 2.63. The van der Waals surface area contributed by atoms with Crippen molar-refractivity contribution in [3.63, 3.8) is 0 Å². The number of rotatable bonds is 3. The van der Waals surface area contributed by atoms with Gasteiger partial charge in [-0.25, -0.2) is 4.79 Å². The van der Waals surface area contributed by atoms with Gasteiger partial charge < -0.3 is 10.1 Å². The molecular formula is C14H11BrN2O3. The van der Waals surface area contributed by atoms with E-state index in [1.807, 2.05) is 0 Å². The van der Waals surface area contributed by atoms with Crippen LogP contribution in [-0.4, -0.2) is 16.9 Å². The highest BCUT2D eigenvalue weighted by Crippen LogP contribution is 2.18. The van der Waals surface area contributed by atoms with Crippen LogP contribution in [0.15, 0.2) is 47.2 Å². The van der Waals surface area contributed by atoms with Crippen molar-refractivity contribution in [1.29, 1.82) is 0 Å². The van der Waals surface area contributed by atoms with Gasteiger partial charge in [0.25, 0.3) is 0 Å². The summed E-state index contributed by atoms with van der Waals surface area (Å²) in [6.07, 6.45) is 3.01. The first-order valence-electron chi connectivity index (χ1n) is 5.75. The van der Waals surface area contributed by atoms with Crippen molar-refractivity contribution in [2.24, 2.45) is 0 Å². The molecule has 20 heavy (non-hydrogen) atoms. The molecule has 0 spiro atoms. The van der Waals surface area contributed by atoms with Crippen molar-refractivity contribution in [2.75, 3.05) is 5.32 Å². The van der Waals surface area contributed by atoms with Crippen molar-refractivity contribution >= 4 is 33.5 Å². The first kappa shape index (κ1) is 14.2. The SMILES string of the molecule is CC(=O)Nc1ccc(OC(=O)c2cncc(Br)c2)cc1. The summed E-state index contributed by atoms with van der Waals surface area (Å²) in [4.78, 5) is 26.7. The van der Waals surface area contributed by atoms with Crippen LogP contribution in [-0.2, 0) is 4.79 Å². The predicted octanol–water partition coefficient (Wildman–Crippen LogP) is 3.02. The highest BCUT2D eigenvalue weighted by Gasteiger charge is 2.09. The number of amides is 1. The van der Waals surface area contributed by atoms with E-state index in [2.05, 4.69) is 26.2 Å². The maximum atomic E-state index is 11.9. The number of hydrogen-bond acceptors (Lipinski definition) is 4. The lowest BCUT2D eigenvalue weighted by atomic mass is 10.3. The molecule has 1 heterocycles. The van der Waals surface area contributed by atoms with Gasteiger partial charge in [-0.05, 0) is 46.3 Å². The minimum Gasteiger partial charge on any atom is -0.423 e. The lowest BCUT2D eigenvalue weighted by Gasteiger charge is -2.06. The van der Waals surface area contributed by atoms with Gasteiger partial charge in [0.15, 0.2) is 0 Å². The molecule has 0 saturated heterocycles. The van der Waals surface area contributed by atoms with E-state index < -0.39 is 5.97 Å². The molecule has 1 N–H and O–H groups in total. The molecule has 2 aromatic rings. The number of esters is 1.